The monoisotopic (exact) mass is 426 g/mol. The number of allylic oxidation sites excluding steroid dienone is 1. The van der Waals surface area contributed by atoms with E-state index in [1.807, 2.05) is 43.0 Å². The molecule has 0 bridgehead atoms. The van der Waals surface area contributed by atoms with Crippen molar-refractivity contribution in [3.63, 3.8) is 0 Å². The van der Waals surface area contributed by atoms with Crippen molar-refractivity contribution in [1.29, 1.82) is 0 Å². The van der Waals surface area contributed by atoms with Gasteiger partial charge in [-0.25, -0.2) is 13.1 Å². The number of piperidine rings is 1. The highest BCUT2D eigenvalue weighted by atomic mass is 35.5. The van der Waals surface area contributed by atoms with E-state index in [9.17, 15) is 13.2 Å². The number of carbonyl (C=O) groups is 1. The average Bonchev–Trinajstić information content (AvgIpc) is 2.60. The molecular weight excluding hydrogens is 396 g/mol. The second-order valence-corrected chi connectivity index (χ2v) is 10.4. The summed E-state index contributed by atoms with van der Waals surface area (Å²) in [4.78, 5) is 15.5. The van der Waals surface area contributed by atoms with Crippen LogP contribution in [0.25, 0.3) is 0 Å². The van der Waals surface area contributed by atoms with Crippen LogP contribution in [-0.2, 0) is 14.8 Å². The molecule has 1 N–H and O–H groups in total. The average molecular weight is 427 g/mol. The van der Waals surface area contributed by atoms with Gasteiger partial charge in [-0.2, -0.15) is 0 Å². The molecule has 1 aliphatic heterocycles. The summed E-state index contributed by atoms with van der Waals surface area (Å²) in [5, 5.41) is 0.646. The topological polar surface area (TPSA) is 66.5 Å². The SMILES string of the molecule is C=CC[C@@]1(C)C[C@H](C)[C@@H](c2ccc(Cl)cc2)N([C@@H](CC)CNS(C)(=O)=O)C1=O. The molecule has 5 nitrogen and oxygen atoms in total. The van der Waals surface area contributed by atoms with E-state index in [-0.39, 0.29) is 30.5 Å². The molecule has 1 amide bonds. The second-order valence-electron chi connectivity index (χ2n) is 8.13. The van der Waals surface area contributed by atoms with Gasteiger partial charge in [-0.15, -0.1) is 6.58 Å². The maximum atomic E-state index is 13.6. The Bertz CT molecular complexity index is 809. The fourth-order valence-electron chi connectivity index (χ4n) is 4.34. The molecule has 1 saturated heterocycles. The van der Waals surface area contributed by atoms with Gasteiger partial charge in [0.1, 0.15) is 0 Å². The zero-order valence-electron chi connectivity index (χ0n) is 17.1. The van der Waals surface area contributed by atoms with E-state index < -0.39 is 15.4 Å². The molecule has 0 spiro atoms. The molecule has 1 aromatic carbocycles. The quantitative estimate of drug-likeness (QED) is 0.634. The number of nitrogens with zero attached hydrogens (tertiary/aromatic N) is 1. The molecular formula is C21H31ClN2O3S. The van der Waals surface area contributed by atoms with E-state index in [2.05, 4.69) is 18.2 Å². The van der Waals surface area contributed by atoms with E-state index in [0.717, 1.165) is 18.2 Å². The summed E-state index contributed by atoms with van der Waals surface area (Å²) in [6.07, 6.45) is 4.92. The second kappa shape index (κ2) is 8.97. The molecule has 0 unspecified atom stereocenters. The summed E-state index contributed by atoms with van der Waals surface area (Å²) in [5.74, 6) is 0.253. The van der Waals surface area contributed by atoms with Gasteiger partial charge in [0.2, 0.25) is 15.9 Å². The third-order valence-electron chi connectivity index (χ3n) is 5.61. The molecule has 156 valence electrons. The Kier molecular flexibility index (Phi) is 7.34. The molecule has 7 heteroatoms. The lowest BCUT2D eigenvalue weighted by Gasteiger charge is -2.51. The van der Waals surface area contributed by atoms with E-state index in [4.69, 9.17) is 11.6 Å². The van der Waals surface area contributed by atoms with Crippen LogP contribution in [0.2, 0.25) is 5.02 Å². The lowest BCUT2D eigenvalue weighted by atomic mass is 9.69. The van der Waals surface area contributed by atoms with Gasteiger partial charge >= 0.3 is 0 Å². The van der Waals surface area contributed by atoms with Crippen LogP contribution < -0.4 is 4.72 Å². The maximum Gasteiger partial charge on any atom is 0.229 e. The first kappa shape index (κ1) is 22.9. The van der Waals surface area contributed by atoms with Crippen LogP contribution in [0, 0.1) is 11.3 Å². The Morgan fingerprint density at radius 3 is 2.50 bits per heavy atom. The lowest BCUT2D eigenvalue weighted by molar-refractivity contribution is -0.156. The highest BCUT2D eigenvalue weighted by molar-refractivity contribution is 7.88. The van der Waals surface area contributed by atoms with E-state index in [1.54, 1.807) is 6.08 Å². The van der Waals surface area contributed by atoms with E-state index in [0.29, 0.717) is 17.9 Å². The molecule has 1 aromatic rings. The molecule has 2 rings (SSSR count). The van der Waals surface area contributed by atoms with Crippen LogP contribution in [0.1, 0.15) is 51.6 Å². The van der Waals surface area contributed by atoms with Gasteiger partial charge in [-0.05, 0) is 42.9 Å². The number of amides is 1. The third-order valence-corrected chi connectivity index (χ3v) is 6.56. The van der Waals surface area contributed by atoms with Crippen LogP contribution >= 0.6 is 11.6 Å². The summed E-state index contributed by atoms with van der Waals surface area (Å²) in [7, 11) is -3.35. The molecule has 1 aliphatic rings. The van der Waals surface area contributed by atoms with Gasteiger partial charge in [0.05, 0.1) is 17.7 Å². The van der Waals surface area contributed by atoms with E-state index in [1.165, 1.54) is 0 Å². The number of sulfonamides is 1. The lowest BCUT2D eigenvalue weighted by Crippen LogP contribution is -2.57. The largest absolute Gasteiger partial charge is 0.331 e. The Labute approximate surface area is 174 Å². The minimum absolute atomic E-state index is 0.0487. The van der Waals surface area contributed by atoms with E-state index >= 15 is 0 Å². The van der Waals surface area contributed by atoms with Gasteiger partial charge in [0.15, 0.2) is 0 Å². The van der Waals surface area contributed by atoms with Gasteiger partial charge in [-0.1, -0.05) is 50.6 Å². The number of benzene rings is 1. The van der Waals surface area contributed by atoms with Crippen LogP contribution in [0.4, 0.5) is 0 Å². The van der Waals surface area contributed by atoms with Crippen molar-refractivity contribution >= 4 is 27.5 Å². The first-order valence-electron chi connectivity index (χ1n) is 9.66. The van der Waals surface area contributed by atoms with Gasteiger partial charge in [0, 0.05) is 17.6 Å². The summed E-state index contributed by atoms with van der Waals surface area (Å²) < 4.78 is 25.9. The smallest absolute Gasteiger partial charge is 0.229 e. The maximum absolute atomic E-state index is 13.6. The van der Waals surface area contributed by atoms with Crippen molar-refractivity contribution in [2.24, 2.45) is 11.3 Å². The fourth-order valence-corrected chi connectivity index (χ4v) is 4.96. The first-order valence-corrected chi connectivity index (χ1v) is 11.9. The van der Waals surface area contributed by atoms with Gasteiger partial charge in [-0.3, -0.25) is 4.79 Å². The predicted molar refractivity (Wildman–Crippen MR) is 115 cm³/mol. The molecule has 0 radical (unpaired) electrons. The number of halogens is 1. The Hall–Kier alpha value is -1.37. The molecule has 0 aromatic heterocycles. The number of hydrogen-bond acceptors (Lipinski definition) is 3. The minimum Gasteiger partial charge on any atom is -0.331 e. The first-order chi connectivity index (χ1) is 13.0. The number of nitrogens with one attached hydrogen (secondary N) is 1. The van der Waals surface area contributed by atoms with Crippen LogP contribution in [-0.4, -0.2) is 38.1 Å². The standard InChI is InChI=1S/C21H31ClN2O3S/c1-6-12-21(4)13-15(3)19(16-8-10-17(22)11-9-16)24(20(21)25)18(7-2)14-23-28(5,26)27/h6,8-11,15,18-19,23H,1,7,12-14H2,2-5H3/t15-,18-,19-,21-/m0/s1. The zero-order chi connectivity index (χ0) is 21.1. The van der Waals surface area contributed by atoms with Crippen LogP contribution in [0.15, 0.2) is 36.9 Å². The predicted octanol–water partition coefficient (Wildman–Crippen LogP) is 4.16. The Morgan fingerprint density at radius 2 is 2.00 bits per heavy atom. The van der Waals surface area contributed by atoms with Crippen molar-refractivity contribution < 1.29 is 13.2 Å². The molecule has 0 saturated carbocycles. The molecule has 28 heavy (non-hydrogen) atoms. The van der Waals surface area contributed by atoms with Gasteiger partial charge in [0.25, 0.3) is 0 Å². The number of likely N-dealkylation sites (tertiary alicyclic amines) is 1. The summed E-state index contributed by atoms with van der Waals surface area (Å²) in [6.45, 7) is 10.1. The van der Waals surface area contributed by atoms with Crippen molar-refractivity contribution in [1.82, 2.24) is 9.62 Å². The van der Waals surface area contributed by atoms with Crippen LogP contribution in [0.5, 0.6) is 0 Å². The van der Waals surface area contributed by atoms with Crippen molar-refractivity contribution in [2.45, 2.75) is 52.1 Å². The molecule has 1 fully saturated rings. The molecule has 0 aliphatic carbocycles. The Morgan fingerprint density at radius 1 is 1.39 bits per heavy atom. The summed E-state index contributed by atoms with van der Waals surface area (Å²) >= 11 is 6.06. The van der Waals surface area contributed by atoms with Gasteiger partial charge < -0.3 is 4.90 Å². The van der Waals surface area contributed by atoms with Crippen molar-refractivity contribution in [2.75, 3.05) is 12.8 Å². The number of rotatable bonds is 8. The van der Waals surface area contributed by atoms with Crippen molar-refractivity contribution in [3.05, 3.63) is 47.5 Å². The fraction of sp³-hybridized carbons (Fsp3) is 0.571. The highest BCUT2D eigenvalue weighted by Gasteiger charge is 2.48. The van der Waals surface area contributed by atoms with Crippen LogP contribution in [0.3, 0.4) is 0 Å². The Balaban J connectivity index is 2.49. The normalized spacial score (nSPS) is 26.9. The molecule has 1 heterocycles. The molecule has 4 atom stereocenters. The highest BCUT2D eigenvalue weighted by Crippen LogP contribution is 2.47. The van der Waals surface area contributed by atoms with Crippen molar-refractivity contribution in [3.8, 4) is 0 Å². The summed E-state index contributed by atoms with van der Waals surface area (Å²) in [5.41, 5.74) is 0.478. The third kappa shape index (κ3) is 5.16. The summed E-state index contributed by atoms with van der Waals surface area (Å²) in [6, 6.07) is 7.20. The number of hydrogen-bond donors (Lipinski definition) is 1. The number of carbonyl (C=O) groups excluding carboxylic acids is 1. The minimum atomic E-state index is -3.35. The zero-order valence-corrected chi connectivity index (χ0v) is 18.7.